The predicted molar refractivity (Wildman–Crippen MR) is 76.2 cm³/mol. The highest BCUT2D eigenvalue weighted by Crippen LogP contribution is 2.21. The van der Waals surface area contributed by atoms with Gasteiger partial charge < -0.3 is 5.32 Å². The zero-order valence-electron chi connectivity index (χ0n) is 12.5. The van der Waals surface area contributed by atoms with E-state index in [0.717, 1.165) is 5.56 Å². The van der Waals surface area contributed by atoms with Gasteiger partial charge in [0, 0.05) is 18.2 Å². The van der Waals surface area contributed by atoms with Crippen LogP contribution < -0.4 is 5.32 Å². The van der Waals surface area contributed by atoms with E-state index in [-0.39, 0.29) is 11.2 Å². The van der Waals surface area contributed by atoms with Crippen LogP contribution in [0.5, 0.6) is 0 Å². The van der Waals surface area contributed by atoms with Gasteiger partial charge in [-0.3, -0.25) is 0 Å². The van der Waals surface area contributed by atoms with Crippen LogP contribution in [0.3, 0.4) is 0 Å². The zero-order valence-corrected chi connectivity index (χ0v) is 12.5. The Morgan fingerprint density at radius 3 is 2.28 bits per heavy atom. The maximum absolute atomic E-state index is 13.7. The van der Waals surface area contributed by atoms with Crippen molar-refractivity contribution in [1.82, 2.24) is 5.32 Å². The summed E-state index contributed by atoms with van der Waals surface area (Å²) < 4.78 is 13.7. The summed E-state index contributed by atoms with van der Waals surface area (Å²) in [5.74, 6) is 0.317. The summed E-state index contributed by atoms with van der Waals surface area (Å²) in [6.45, 7) is 13.5. The summed E-state index contributed by atoms with van der Waals surface area (Å²) in [6.07, 6.45) is 0. The van der Waals surface area contributed by atoms with E-state index in [0.29, 0.717) is 18.5 Å². The highest BCUT2D eigenvalue weighted by molar-refractivity contribution is 5.27. The lowest BCUT2D eigenvalue weighted by Crippen LogP contribution is -2.37. The molecule has 0 saturated carbocycles. The molecule has 0 bridgehead atoms. The fourth-order valence-electron chi connectivity index (χ4n) is 1.66. The second-order valence-corrected chi connectivity index (χ2v) is 6.47. The molecule has 1 rings (SSSR count). The first-order valence-electron chi connectivity index (χ1n) is 6.73. The molecule has 1 nitrogen and oxygen atoms in total. The molecule has 0 aliphatic rings. The van der Waals surface area contributed by atoms with E-state index in [9.17, 15) is 4.39 Å². The number of halogens is 1. The first kappa shape index (κ1) is 15.2. The van der Waals surface area contributed by atoms with Gasteiger partial charge in [0.05, 0.1) is 0 Å². The lowest BCUT2D eigenvalue weighted by molar-refractivity contribution is 0.284. The summed E-state index contributed by atoms with van der Waals surface area (Å²) in [6, 6.07) is 5.77. The van der Waals surface area contributed by atoms with Gasteiger partial charge in [0.25, 0.3) is 0 Å². The average Bonchev–Trinajstić information content (AvgIpc) is 2.25. The van der Waals surface area contributed by atoms with Gasteiger partial charge in [-0.05, 0) is 29.9 Å². The van der Waals surface area contributed by atoms with E-state index in [1.165, 1.54) is 5.56 Å². The minimum absolute atomic E-state index is 0.118. The largest absolute Gasteiger partial charge is 0.310 e. The highest BCUT2D eigenvalue weighted by atomic mass is 19.1. The molecule has 0 saturated heterocycles. The quantitative estimate of drug-likeness (QED) is 0.832. The molecule has 102 valence electrons. The number of hydrogen-bond donors (Lipinski definition) is 1. The number of nitrogens with one attached hydrogen (secondary N) is 1. The first-order valence-corrected chi connectivity index (χ1v) is 6.73. The summed E-state index contributed by atoms with van der Waals surface area (Å²) in [5.41, 5.74) is 2.14. The maximum atomic E-state index is 13.7. The van der Waals surface area contributed by atoms with Crippen molar-refractivity contribution in [3.05, 3.63) is 35.1 Å². The molecule has 0 spiro atoms. The topological polar surface area (TPSA) is 12.0 Å². The molecule has 0 fully saturated rings. The first-order chi connectivity index (χ1) is 8.21. The smallest absolute Gasteiger partial charge is 0.127 e. The third-order valence-electron chi connectivity index (χ3n) is 3.63. The van der Waals surface area contributed by atoms with Crippen LogP contribution in [-0.4, -0.2) is 6.04 Å². The highest BCUT2D eigenvalue weighted by Gasteiger charge is 2.19. The molecule has 2 heteroatoms. The van der Waals surface area contributed by atoms with E-state index in [4.69, 9.17) is 0 Å². The second-order valence-electron chi connectivity index (χ2n) is 6.47. The Balaban J connectivity index is 2.75. The third kappa shape index (κ3) is 4.09. The van der Waals surface area contributed by atoms with Crippen LogP contribution in [0.4, 0.5) is 4.39 Å². The Morgan fingerprint density at radius 1 is 1.17 bits per heavy atom. The van der Waals surface area contributed by atoms with Crippen LogP contribution in [0.1, 0.15) is 58.6 Å². The van der Waals surface area contributed by atoms with Gasteiger partial charge in [-0.15, -0.1) is 0 Å². The molecule has 1 atom stereocenters. The summed E-state index contributed by atoms with van der Waals surface area (Å²) in [5, 5.41) is 3.41. The Labute approximate surface area is 111 Å². The molecule has 1 aromatic rings. The van der Waals surface area contributed by atoms with Crippen molar-refractivity contribution >= 4 is 0 Å². The van der Waals surface area contributed by atoms with Crippen molar-refractivity contribution < 1.29 is 4.39 Å². The molecule has 0 aromatic heterocycles. The van der Waals surface area contributed by atoms with E-state index in [1.54, 1.807) is 6.07 Å². The average molecular weight is 251 g/mol. The molecular formula is C16H26FN. The predicted octanol–water partition coefficient (Wildman–Crippen LogP) is 4.47. The number of benzene rings is 1. The molecule has 18 heavy (non-hydrogen) atoms. The van der Waals surface area contributed by atoms with E-state index >= 15 is 0 Å². The van der Waals surface area contributed by atoms with E-state index in [1.807, 2.05) is 12.1 Å². The Bertz CT molecular complexity index is 391. The fourth-order valence-corrected chi connectivity index (χ4v) is 1.66. The molecule has 1 N–H and O–H groups in total. The van der Waals surface area contributed by atoms with Crippen molar-refractivity contribution in [3.8, 4) is 0 Å². The number of hydrogen-bond acceptors (Lipinski definition) is 1. The molecule has 0 radical (unpaired) electrons. The molecule has 0 heterocycles. The van der Waals surface area contributed by atoms with Gasteiger partial charge in [0.2, 0.25) is 0 Å². The lowest BCUT2D eigenvalue weighted by Gasteiger charge is -2.28. The van der Waals surface area contributed by atoms with Gasteiger partial charge >= 0.3 is 0 Å². The lowest BCUT2D eigenvalue weighted by atomic mass is 9.88. The van der Waals surface area contributed by atoms with E-state index in [2.05, 4.69) is 46.9 Å². The van der Waals surface area contributed by atoms with Gasteiger partial charge in [0.15, 0.2) is 0 Å². The molecule has 0 unspecified atom stereocenters. The van der Waals surface area contributed by atoms with Crippen LogP contribution >= 0.6 is 0 Å². The molecule has 0 amide bonds. The van der Waals surface area contributed by atoms with Gasteiger partial charge in [-0.2, -0.15) is 0 Å². The summed E-state index contributed by atoms with van der Waals surface area (Å²) >= 11 is 0. The van der Waals surface area contributed by atoms with Crippen molar-refractivity contribution in [2.75, 3.05) is 0 Å². The summed E-state index contributed by atoms with van der Waals surface area (Å²) in [4.78, 5) is 0. The van der Waals surface area contributed by atoms with Crippen molar-refractivity contribution in [2.45, 2.75) is 60.0 Å². The number of rotatable bonds is 4. The summed E-state index contributed by atoms with van der Waals surface area (Å²) in [7, 11) is 0. The van der Waals surface area contributed by atoms with E-state index < -0.39 is 0 Å². The Kier molecular flexibility index (Phi) is 4.92. The van der Waals surface area contributed by atoms with Crippen molar-refractivity contribution in [1.29, 1.82) is 0 Å². The third-order valence-corrected chi connectivity index (χ3v) is 3.63. The van der Waals surface area contributed by atoms with Crippen LogP contribution in [0, 0.1) is 11.2 Å². The van der Waals surface area contributed by atoms with Gasteiger partial charge in [-0.25, -0.2) is 4.39 Å². The fraction of sp³-hybridized carbons (Fsp3) is 0.625. The monoisotopic (exact) mass is 251 g/mol. The van der Waals surface area contributed by atoms with Crippen molar-refractivity contribution in [3.63, 3.8) is 0 Å². The normalized spacial score (nSPS) is 14.0. The Morgan fingerprint density at radius 2 is 1.78 bits per heavy atom. The SMILES string of the molecule is CC(C)c1ccc(F)c(CN[C@H](C)C(C)(C)C)c1. The second kappa shape index (κ2) is 5.83. The minimum atomic E-state index is -0.118. The zero-order chi connectivity index (χ0) is 13.9. The van der Waals surface area contributed by atoms with Crippen LogP contribution in [0.15, 0.2) is 18.2 Å². The van der Waals surface area contributed by atoms with Crippen LogP contribution in [0.2, 0.25) is 0 Å². The molecule has 1 aromatic carbocycles. The minimum Gasteiger partial charge on any atom is -0.310 e. The van der Waals surface area contributed by atoms with Crippen molar-refractivity contribution in [2.24, 2.45) is 5.41 Å². The Hall–Kier alpha value is -0.890. The molecular weight excluding hydrogens is 225 g/mol. The molecule has 0 aliphatic carbocycles. The molecule has 0 aliphatic heterocycles. The van der Waals surface area contributed by atoms with Gasteiger partial charge in [-0.1, -0.05) is 46.8 Å². The standard InChI is InChI=1S/C16H26FN/c1-11(2)13-7-8-15(17)14(9-13)10-18-12(3)16(4,5)6/h7-9,11-12,18H,10H2,1-6H3/t12-/m1/s1. The van der Waals surface area contributed by atoms with Gasteiger partial charge in [0.1, 0.15) is 5.82 Å². The maximum Gasteiger partial charge on any atom is 0.127 e. The van der Waals surface area contributed by atoms with Crippen LogP contribution in [0.25, 0.3) is 0 Å². The van der Waals surface area contributed by atoms with Crippen LogP contribution in [-0.2, 0) is 6.54 Å².